The quantitative estimate of drug-likeness (QED) is 0.743. The fourth-order valence-electron chi connectivity index (χ4n) is 1.45. The summed E-state index contributed by atoms with van der Waals surface area (Å²) in [5.41, 5.74) is 2.01. The van der Waals surface area contributed by atoms with Gasteiger partial charge >= 0.3 is 0 Å². The minimum absolute atomic E-state index is 0.716. The molecule has 0 N–H and O–H groups in total. The average Bonchev–Trinajstić information content (AvgIpc) is 2.35. The van der Waals surface area contributed by atoms with E-state index in [1.165, 1.54) is 0 Å². The van der Waals surface area contributed by atoms with Gasteiger partial charge in [0.2, 0.25) is 0 Å². The van der Waals surface area contributed by atoms with Crippen LogP contribution in [0.5, 0.6) is 11.5 Å². The Balaban J connectivity index is 2.26. The van der Waals surface area contributed by atoms with Crippen LogP contribution >= 0.6 is 0 Å². The molecule has 0 spiro atoms. The van der Waals surface area contributed by atoms with Crippen molar-refractivity contribution in [3.05, 3.63) is 60.3 Å². The van der Waals surface area contributed by atoms with Gasteiger partial charge in [0.25, 0.3) is 0 Å². The van der Waals surface area contributed by atoms with Gasteiger partial charge < -0.3 is 4.74 Å². The van der Waals surface area contributed by atoms with Crippen molar-refractivity contribution < 1.29 is 4.74 Å². The molecule has 0 fully saturated rings. The molecule has 1 radical (unpaired) electrons. The summed E-state index contributed by atoms with van der Waals surface area (Å²) >= 11 is 0. The summed E-state index contributed by atoms with van der Waals surface area (Å²) in [6, 6.07) is 9.56. The predicted molar refractivity (Wildman–Crippen MR) is 67.7 cm³/mol. The van der Waals surface area contributed by atoms with Gasteiger partial charge in [-0.15, -0.1) is 6.42 Å². The Kier molecular flexibility index (Phi) is 3.42. The second-order valence-corrected chi connectivity index (χ2v) is 3.63. The minimum Gasteiger partial charge on any atom is -0.455 e. The van der Waals surface area contributed by atoms with E-state index in [4.69, 9.17) is 11.2 Å². The first-order valence-electron chi connectivity index (χ1n) is 5.27. The molecule has 1 aromatic carbocycles. The molecular formula is C15H12NO. The highest BCUT2D eigenvalue weighted by Crippen LogP contribution is 2.25. The molecule has 2 heteroatoms. The van der Waals surface area contributed by atoms with Crippen molar-refractivity contribution in [2.45, 2.75) is 6.92 Å². The monoisotopic (exact) mass is 222 g/mol. The molecule has 2 rings (SSSR count). The number of terminal acetylenes is 1. The zero-order chi connectivity index (χ0) is 12.1. The van der Waals surface area contributed by atoms with Crippen molar-refractivity contribution in [3.8, 4) is 23.8 Å². The molecule has 0 amide bonds. The van der Waals surface area contributed by atoms with Gasteiger partial charge in [0.15, 0.2) is 0 Å². The number of rotatable bonds is 3. The Labute approximate surface area is 101 Å². The lowest BCUT2D eigenvalue weighted by atomic mass is 10.1. The third kappa shape index (κ3) is 2.85. The number of aromatic nitrogens is 1. The Morgan fingerprint density at radius 3 is 2.94 bits per heavy atom. The Morgan fingerprint density at radius 1 is 1.35 bits per heavy atom. The Bertz CT molecular complexity index is 541. The van der Waals surface area contributed by atoms with E-state index in [2.05, 4.69) is 10.9 Å². The van der Waals surface area contributed by atoms with E-state index in [0.717, 1.165) is 16.9 Å². The van der Waals surface area contributed by atoms with Crippen LogP contribution in [0.1, 0.15) is 11.1 Å². The summed E-state index contributed by atoms with van der Waals surface area (Å²) in [6.07, 6.45) is 10.3. The van der Waals surface area contributed by atoms with Crippen LogP contribution in [0.3, 0.4) is 0 Å². The van der Waals surface area contributed by atoms with Crippen molar-refractivity contribution in [2.24, 2.45) is 0 Å². The van der Waals surface area contributed by atoms with Crippen LogP contribution in [0.25, 0.3) is 0 Å². The number of aryl methyl sites for hydroxylation is 1. The lowest BCUT2D eigenvalue weighted by molar-refractivity contribution is 0.476. The third-order valence-electron chi connectivity index (χ3n) is 2.32. The van der Waals surface area contributed by atoms with Gasteiger partial charge in [0.05, 0.1) is 12.6 Å². The highest BCUT2D eigenvalue weighted by atomic mass is 16.5. The van der Waals surface area contributed by atoms with E-state index in [0.29, 0.717) is 5.75 Å². The molecule has 0 aliphatic carbocycles. The van der Waals surface area contributed by atoms with Gasteiger partial charge in [-0.1, -0.05) is 18.1 Å². The first kappa shape index (κ1) is 11.2. The van der Waals surface area contributed by atoms with Gasteiger partial charge in [-0.05, 0) is 36.2 Å². The predicted octanol–water partition coefficient (Wildman–Crippen LogP) is 3.37. The molecule has 83 valence electrons. The van der Waals surface area contributed by atoms with E-state index >= 15 is 0 Å². The summed E-state index contributed by atoms with van der Waals surface area (Å²) in [5, 5.41) is 0. The highest BCUT2D eigenvalue weighted by molar-refractivity contribution is 5.43. The van der Waals surface area contributed by atoms with Crippen LogP contribution < -0.4 is 4.74 Å². The molecule has 0 unspecified atom stereocenters. The molecule has 17 heavy (non-hydrogen) atoms. The lowest BCUT2D eigenvalue weighted by Gasteiger charge is -2.09. The van der Waals surface area contributed by atoms with E-state index in [1.807, 2.05) is 37.3 Å². The van der Waals surface area contributed by atoms with Crippen molar-refractivity contribution in [2.75, 3.05) is 0 Å². The molecule has 1 aromatic heterocycles. The second kappa shape index (κ2) is 5.18. The maximum Gasteiger partial charge on any atom is 0.145 e. The average molecular weight is 222 g/mol. The maximum absolute atomic E-state index is 5.75. The smallest absolute Gasteiger partial charge is 0.145 e. The number of ether oxygens (including phenoxy) is 1. The van der Waals surface area contributed by atoms with Crippen molar-refractivity contribution in [3.63, 3.8) is 0 Å². The van der Waals surface area contributed by atoms with Crippen LogP contribution in [0.4, 0.5) is 0 Å². The molecule has 0 saturated heterocycles. The number of hydrogen-bond donors (Lipinski definition) is 0. The number of pyridine rings is 1. The van der Waals surface area contributed by atoms with Gasteiger partial charge in [0, 0.05) is 6.20 Å². The second-order valence-electron chi connectivity index (χ2n) is 3.63. The fraction of sp³-hybridized carbons (Fsp3) is 0.0667. The summed E-state index contributed by atoms with van der Waals surface area (Å²) in [6.45, 7) is 1.99. The van der Waals surface area contributed by atoms with Crippen LogP contribution in [0.2, 0.25) is 0 Å². The highest BCUT2D eigenvalue weighted by Gasteiger charge is 2.03. The van der Waals surface area contributed by atoms with Crippen molar-refractivity contribution >= 4 is 0 Å². The van der Waals surface area contributed by atoms with E-state index in [9.17, 15) is 0 Å². The number of benzene rings is 1. The standard InChI is InChI=1S/C15H12NO/c1-3-5-13-8-7-12(2)15(10-13)17-14-6-4-9-16-11-14/h1,4-11H,2H3. The van der Waals surface area contributed by atoms with Crippen LogP contribution in [0.15, 0.2) is 42.7 Å². The molecule has 0 atom stereocenters. The van der Waals surface area contributed by atoms with E-state index in [-0.39, 0.29) is 0 Å². The first-order chi connectivity index (χ1) is 8.29. The van der Waals surface area contributed by atoms with Gasteiger partial charge in [-0.2, -0.15) is 0 Å². The summed E-state index contributed by atoms with van der Waals surface area (Å²) in [5.74, 6) is 4.01. The van der Waals surface area contributed by atoms with Crippen LogP contribution in [0, 0.1) is 25.7 Å². The van der Waals surface area contributed by atoms with E-state index in [1.54, 1.807) is 18.8 Å². The molecule has 1 heterocycles. The van der Waals surface area contributed by atoms with E-state index < -0.39 is 0 Å². The molecule has 0 saturated carbocycles. The topological polar surface area (TPSA) is 22.1 Å². The largest absolute Gasteiger partial charge is 0.455 e. The first-order valence-corrected chi connectivity index (χ1v) is 5.27. The van der Waals surface area contributed by atoms with Gasteiger partial charge in [-0.25, -0.2) is 0 Å². The molecule has 0 aliphatic rings. The molecule has 0 aliphatic heterocycles. The zero-order valence-corrected chi connectivity index (χ0v) is 9.55. The normalized spacial score (nSPS) is 9.65. The third-order valence-corrected chi connectivity index (χ3v) is 2.32. The van der Waals surface area contributed by atoms with Crippen LogP contribution in [-0.4, -0.2) is 4.98 Å². The van der Waals surface area contributed by atoms with Crippen molar-refractivity contribution in [1.29, 1.82) is 0 Å². The zero-order valence-electron chi connectivity index (χ0n) is 9.55. The van der Waals surface area contributed by atoms with Crippen LogP contribution in [-0.2, 0) is 0 Å². The molecular weight excluding hydrogens is 210 g/mol. The maximum atomic E-state index is 5.75. The Hall–Kier alpha value is -2.27. The molecule has 2 nitrogen and oxygen atoms in total. The van der Waals surface area contributed by atoms with Gasteiger partial charge in [-0.3, -0.25) is 4.98 Å². The Morgan fingerprint density at radius 2 is 2.24 bits per heavy atom. The molecule has 2 aromatic rings. The van der Waals surface area contributed by atoms with Gasteiger partial charge in [0.1, 0.15) is 11.5 Å². The lowest BCUT2D eigenvalue weighted by Crippen LogP contribution is -1.90. The molecule has 0 bridgehead atoms. The fourth-order valence-corrected chi connectivity index (χ4v) is 1.45. The van der Waals surface area contributed by atoms with Crippen molar-refractivity contribution in [1.82, 2.24) is 4.98 Å². The SMILES string of the molecule is C#C[CH]c1ccc(C)c(Oc2cccnc2)c1. The number of nitrogens with zero attached hydrogens (tertiary/aromatic N) is 1. The summed E-state index contributed by atoms with van der Waals surface area (Å²) < 4.78 is 5.75. The minimum atomic E-state index is 0.716. The summed E-state index contributed by atoms with van der Waals surface area (Å²) in [4.78, 5) is 4.00. The summed E-state index contributed by atoms with van der Waals surface area (Å²) in [7, 11) is 0. The number of hydrogen-bond acceptors (Lipinski definition) is 2.